The second-order valence-corrected chi connectivity index (χ2v) is 11.4. The molecule has 5 rings (SSSR count). The van der Waals surface area contributed by atoms with E-state index < -0.39 is 5.67 Å². The second-order valence-electron chi connectivity index (χ2n) is 11.4. The first kappa shape index (κ1) is 28.5. The normalized spacial score (nSPS) is 23.2. The minimum absolute atomic E-state index is 0.0242. The van der Waals surface area contributed by atoms with Crippen LogP contribution in [0.4, 0.5) is 27.5 Å². The van der Waals surface area contributed by atoms with E-state index in [9.17, 15) is 10.1 Å². The first-order valence-corrected chi connectivity index (χ1v) is 14.2. The SMILES string of the molecule is COc1cc(C(=O)NC2CCN(C)CC2)ccc1Nc1ncc2c(n1)N(C1CCCC1)CC(C)(F)/C(=N\C#N)N2C. The number of alkyl halides is 1. The zero-order chi connectivity index (χ0) is 29.1. The topological polar surface area (TPSA) is 122 Å². The van der Waals surface area contributed by atoms with Crippen LogP contribution in [-0.4, -0.2) is 85.2 Å². The van der Waals surface area contributed by atoms with Crippen LogP contribution in [0.3, 0.4) is 0 Å². The lowest BCUT2D eigenvalue weighted by Gasteiger charge is -2.33. The number of piperidine rings is 1. The summed E-state index contributed by atoms with van der Waals surface area (Å²) in [5.74, 6) is 1.26. The third-order valence-electron chi connectivity index (χ3n) is 8.32. The van der Waals surface area contributed by atoms with Crippen LogP contribution in [0.25, 0.3) is 0 Å². The molecule has 2 aliphatic heterocycles. The minimum Gasteiger partial charge on any atom is -0.495 e. The fraction of sp³-hybridized carbons (Fsp3) is 0.552. The van der Waals surface area contributed by atoms with E-state index in [1.807, 2.05) is 4.90 Å². The molecule has 2 fully saturated rings. The molecule has 1 atom stereocenters. The number of hydrogen-bond donors (Lipinski definition) is 2. The highest BCUT2D eigenvalue weighted by atomic mass is 19.1. The Labute approximate surface area is 240 Å². The van der Waals surface area contributed by atoms with Crippen molar-refractivity contribution in [3.63, 3.8) is 0 Å². The number of nitrogens with zero attached hydrogens (tertiary/aromatic N) is 7. The molecule has 41 heavy (non-hydrogen) atoms. The number of amides is 1. The van der Waals surface area contributed by atoms with Gasteiger partial charge in [-0.25, -0.2) is 9.37 Å². The number of nitrogens with one attached hydrogen (secondary N) is 2. The Morgan fingerprint density at radius 2 is 1.95 bits per heavy atom. The van der Waals surface area contributed by atoms with E-state index in [0.29, 0.717) is 34.5 Å². The summed E-state index contributed by atoms with van der Waals surface area (Å²) in [5, 5.41) is 15.6. The van der Waals surface area contributed by atoms with E-state index in [4.69, 9.17) is 9.72 Å². The van der Waals surface area contributed by atoms with Gasteiger partial charge in [-0.3, -0.25) is 4.79 Å². The van der Waals surface area contributed by atoms with Crippen LogP contribution in [0.15, 0.2) is 29.4 Å². The largest absolute Gasteiger partial charge is 0.495 e. The van der Waals surface area contributed by atoms with E-state index in [1.54, 1.807) is 49.6 Å². The smallest absolute Gasteiger partial charge is 0.251 e. The summed E-state index contributed by atoms with van der Waals surface area (Å²) < 4.78 is 21.6. The minimum atomic E-state index is -1.87. The molecule has 1 saturated carbocycles. The first-order valence-electron chi connectivity index (χ1n) is 14.2. The number of aromatic nitrogens is 2. The number of methoxy groups -OCH3 is 1. The van der Waals surface area contributed by atoms with Gasteiger partial charge < -0.3 is 30.1 Å². The van der Waals surface area contributed by atoms with Gasteiger partial charge in [-0.05, 0) is 70.9 Å². The summed E-state index contributed by atoms with van der Waals surface area (Å²) in [6.07, 6.45) is 9.23. The average molecular weight is 564 g/mol. The first-order chi connectivity index (χ1) is 19.7. The van der Waals surface area contributed by atoms with Crippen molar-refractivity contribution in [3.8, 4) is 11.9 Å². The number of hydrogen-bond acceptors (Lipinski definition) is 9. The lowest BCUT2D eigenvalue weighted by atomic mass is 10.0. The molecular formula is C29H38FN9O2. The van der Waals surface area contributed by atoms with Crippen molar-refractivity contribution >= 4 is 34.9 Å². The van der Waals surface area contributed by atoms with E-state index in [2.05, 4.69) is 32.6 Å². The van der Waals surface area contributed by atoms with Gasteiger partial charge in [-0.1, -0.05) is 12.8 Å². The zero-order valence-electron chi connectivity index (χ0n) is 24.2. The van der Waals surface area contributed by atoms with E-state index >= 15 is 4.39 Å². The highest BCUT2D eigenvalue weighted by Gasteiger charge is 2.43. The van der Waals surface area contributed by atoms with Crippen LogP contribution in [-0.2, 0) is 0 Å². The lowest BCUT2D eigenvalue weighted by Crippen LogP contribution is -2.49. The van der Waals surface area contributed by atoms with Gasteiger partial charge in [-0.15, -0.1) is 0 Å². The predicted octanol–water partition coefficient (Wildman–Crippen LogP) is 3.86. The number of carbonyl (C=O) groups is 1. The number of aliphatic imine (C=N–C) groups is 1. The molecule has 3 heterocycles. The van der Waals surface area contributed by atoms with Crippen molar-refractivity contribution in [1.82, 2.24) is 20.2 Å². The Morgan fingerprint density at radius 1 is 1.22 bits per heavy atom. The number of carbonyl (C=O) groups excluding carboxylic acids is 1. The van der Waals surface area contributed by atoms with Gasteiger partial charge in [0.25, 0.3) is 5.91 Å². The maximum atomic E-state index is 16.0. The number of likely N-dealkylation sites (tertiary alicyclic amines) is 1. The summed E-state index contributed by atoms with van der Waals surface area (Å²) in [6.45, 7) is 3.40. The Kier molecular flexibility index (Phi) is 8.26. The number of amidine groups is 1. The van der Waals surface area contributed by atoms with Crippen molar-refractivity contribution in [1.29, 1.82) is 5.26 Å². The predicted molar refractivity (Wildman–Crippen MR) is 157 cm³/mol. The number of benzene rings is 1. The molecule has 12 heteroatoms. The van der Waals surface area contributed by atoms with Gasteiger partial charge in [0.2, 0.25) is 12.1 Å². The van der Waals surface area contributed by atoms with E-state index in [1.165, 1.54) is 6.92 Å². The van der Waals surface area contributed by atoms with Crippen LogP contribution >= 0.6 is 0 Å². The molecule has 1 aromatic carbocycles. The third kappa shape index (κ3) is 6.05. The fourth-order valence-electron chi connectivity index (χ4n) is 6.04. The van der Waals surface area contributed by atoms with Crippen molar-refractivity contribution in [2.75, 3.05) is 56.0 Å². The number of anilines is 4. The molecule has 0 radical (unpaired) electrons. The van der Waals surface area contributed by atoms with Gasteiger partial charge in [0.05, 0.1) is 25.5 Å². The molecule has 0 spiro atoms. The van der Waals surface area contributed by atoms with Crippen LogP contribution < -0.4 is 25.2 Å². The van der Waals surface area contributed by atoms with E-state index in [0.717, 1.165) is 51.6 Å². The van der Waals surface area contributed by atoms with Gasteiger partial charge in [0.15, 0.2) is 17.3 Å². The molecule has 2 aromatic rings. The van der Waals surface area contributed by atoms with Crippen molar-refractivity contribution in [2.45, 2.75) is 63.2 Å². The molecule has 11 nitrogen and oxygen atoms in total. The molecular weight excluding hydrogens is 525 g/mol. The van der Waals surface area contributed by atoms with Crippen molar-refractivity contribution in [2.24, 2.45) is 4.99 Å². The number of halogens is 1. The highest BCUT2D eigenvalue weighted by Crippen LogP contribution is 2.40. The Hall–Kier alpha value is -3.98. The Morgan fingerprint density at radius 3 is 2.63 bits per heavy atom. The molecule has 3 aliphatic rings. The molecule has 1 aromatic heterocycles. The molecule has 0 bridgehead atoms. The van der Waals surface area contributed by atoms with Crippen LogP contribution in [0.5, 0.6) is 5.75 Å². The van der Waals surface area contributed by atoms with Crippen LogP contribution in [0.2, 0.25) is 0 Å². The highest BCUT2D eigenvalue weighted by molar-refractivity contribution is 6.06. The number of nitriles is 1. The third-order valence-corrected chi connectivity index (χ3v) is 8.32. The Bertz CT molecular complexity index is 1340. The van der Waals surface area contributed by atoms with Gasteiger partial charge in [0, 0.05) is 24.7 Å². The summed E-state index contributed by atoms with van der Waals surface area (Å²) in [7, 11) is 5.32. The summed E-state index contributed by atoms with van der Waals surface area (Å²) in [4.78, 5) is 32.0. The van der Waals surface area contributed by atoms with Crippen LogP contribution in [0.1, 0.15) is 55.8 Å². The maximum absolute atomic E-state index is 16.0. The zero-order valence-corrected chi connectivity index (χ0v) is 24.2. The van der Waals surface area contributed by atoms with Crippen molar-refractivity contribution in [3.05, 3.63) is 30.0 Å². The summed E-state index contributed by atoms with van der Waals surface area (Å²) in [6, 6.07) is 5.50. The van der Waals surface area contributed by atoms with Crippen molar-refractivity contribution < 1.29 is 13.9 Å². The molecule has 2 N–H and O–H groups in total. The fourth-order valence-corrected chi connectivity index (χ4v) is 6.04. The van der Waals surface area contributed by atoms with Gasteiger partial charge in [0.1, 0.15) is 11.4 Å². The average Bonchev–Trinajstić information content (AvgIpc) is 3.48. The quantitative estimate of drug-likeness (QED) is 0.505. The number of fused-ring (bicyclic) bond motifs is 1. The second kappa shape index (κ2) is 11.9. The maximum Gasteiger partial charge on any atom is 0.251 e. The Balaban J connectivity index is 1.42. The summed E-state index contributed by atoms with van der Waals surface area (Å²) in [5.41, 5.74) is -0.186. The lowest BCUT2D eigenvalue weighted by molar-refractivity contribution is 0.0916. The number of rotatable bonds is 6. The van der Waals surface area contributed by atoms with E-state index in [-0.39, 0.29) is 30.4 Å². The molecule has 1 saturated heterocycles. The molecule has 218 valence electrons. The standard InChI is InChI=1S/C29H38FN9O2/c1-29(30)17-39(21-7-5-6-8-21)25-23(38(3)27(29)33-18-31)16-32-28(36-25)35-22-10-9-19(15-24(22)41-4)26(40)34-20-11-13-37(2)14-12-20/h9-10,15-16,20-21H,5-8,11-14,17H2,1-4H3,(H,34,40)(H,32,35,36)/b33-27+. The molecule has 1 aliphatic carbocycles. The molecule has 1 unspecified atom stereocenters. The molecule has 1 amide bonds. The van der Waals surface area contributed by atoms with Crippen LogP contribution in [0, 0.1) is 11.5 Å². The summed E-state index contributed by atoms with van der Waals surface area (Å²) >= 11 is 0. The monoisotopic (exact) mass is 563 g/mol. The van der Waals surface area contributed by atoms with Gasteiger partial charge in [-0.2, -0.15) is 15.2 Å². The van der Waals surface area contributed by atoms with Gasteiger partial charge >= 0.3 is 0 Å². The number of ether oxygens (including phenoxy) is 1.